The van der Waals surface area contributed by atoms with Crippen LogP contribution in [0.2, 0.25) is 5.02 Å². The van der Waals surface area contributed by atoms with E-state index < -0.39 is 10.0 Å². The molecule has 9 heteroatoms. The Kier molecular flexibility index (Phi) is 7.71. The number of rotatable bonds is 9. The van der Waals surface area contributed by atoms with Gasteiger partial charge in [0, 0.05) is 44.0 Å². The molecular formula is C23H27ClN4O3S. The summed E-state index contributed by atoms with van der Waals surface area (Å²) in [5.41, 5.74) is 2.27. The summed E-state index contributed by atoms with van der Waals surface area (Å²) in [5.74, 6) is -0.298. The fraction of sp³-hybridized carbons (Fsp3) is 0.304. The van der Waals surface area contributed by atoms with Crippen LogP contribution in [-0.4, -0.2) is 53.4 Å². The van der Waals surface area contributed by atoms with E-state index in [4.69, 9.17) is 11.6 Å². The summed E-state index contributed by atoms with van der Waals surface area (Å²) in [6.07, 6.45) is 3.62. The van der Waals surface area contributed by atoms with Crippen LogP contribution in [0.25, 0.3) is 0 Å². The molecule has 7 nitrogen and oxygen atoms in total. The molecule has 0 aliphatic rings. The first-order valence-electron chi connectivity index (χ1n) is 10.4. The molecule has 0 unspecified atom stereocenters. The lowest BCUT2D eigenvalue weighted by atomic mass is 10.2. The first-order chi connectivity index (χ1) is 15.3. The minimum atomic E-state index is -3.78. The molecule has 1 amide bonds. The highest BCUT2D eigenvalue weighted by molar-refractivity contribution is 7.89. The fourth-order valence-corrected chi connectivity index (χ4v) is 5.41. The number of carbonyl (C=O) groups is 1. The number of hydrogen-bond acceptors (Lipinski definition) is 4. The maximum atomic E-state index is 13.0. The zero-order chi connectivity index (χ0) is 23.3. The molecule has 0 saturated carbocycles. The van der Waals surface area contributed by atoms with Gasteiger partial charge in [-0.2, -0.15) is 9.40 Å². The molecule has 0 N–H and O–H groups in total. The van der Waals surface area contributed by atoms with Gasteiger partial charge in [0.25, 0.3) is 5.91 Å². The average molecular weight is 475 g/mol. The summed E-state index contributed by atoms with van der Waals surface area (Å²) in [5, 5.41) is 4.46. The monoisotopic (exact) mass is 474 g/mol. The van der Waals surface area contributed by atoms with Crippen molar-refractivity contribution in [1.82, 2.24) is 19.0 Å². The first-order valence-corrected chi connectivity index (χ1v) is 12.2. The highest BCUT2D eigenvalue weighted by Gasteiger charge is 2.26. The smallest absolute Gasteiger partial charge is 0.253 e. The van der Waals surface area contributed by atoms with Crippen molar-refractivity contribution in [2.45, 2.75) is 31.8 Å². The van der Waals surface area contributed by atoms with Crippen LogP contribution in [0.5, 0.6) is 0 Å². The average Bonchev–Trinajstić information content (AvgIpc) is 3.21. The van der Waals surface area contributed by atoms with Crippen LogP contribution in [0.15, 0.2) is 65.8 Å². The lowest BCUT2D eigenvalue weighted by Gasteiger charge is -2.21. The van der Waals surface area contributed by atoms with E-state index in [9.17, 15) is 13.2 Å². The lowest BCUT2D eigenvalue weighted by molar-refractivity contribution is 0.0785. The molecule has 0 aliphatic carbocycles. The van der Waals surface area contributed by atoms with E-state index in [1.54, 1.807) is 33.2 Å². The number of nitrogens with zero attached hydrogens (tertiary/aromatic N) is 4. The summed E-state index contributed by atoms with van der Waals surface area (Å²) in [4.78, 5) is 14.5. The molecule has 0 saturated heterocycles. The van der Waals surface area contributed by atoms with Gasteiger partial charge < -0.3 is 4.90 Å². The minimum absolute atomic E-state index is 0.0576. The van der Waals surface area contributed by atoms with E-state index in [-0.39, 0.29) is 21.4 Å². The zero-order valence-corrected chi connectivity index (χ0v) is 20.0. The Morgan fingerprint density at radius 2 is 1.75 bits per heavy atom. The standard InChI is InChI=1S/C23H27ClN4O3S/c1-4-28(5-2)32(30,31)22-13-20(11-12-21(22)24)23(29)26(3)15-19-14-25-27(17-19)16-18-9-7-6-8-10-18/h6-14,17H,4-5,15-16H2,1-3H3. The van der Waals surface area contributed by atoms with Crippen LogP contribution in [0, 0.1) is 0 Å². The van der Waals surface area contributed by atoms with Crippen molar-refractivity contribution >= 4 is 27.5 Å². The predicted molar refractivity (Wildman–Crippen MR) is 125 cm³/mol. The van der Waals surface area contributed by atoms with Crippen LogP contribution in [0.4, 0.5) is 0 Å². The lowest BCUT2D eigenvalue weighted by Crippen LogP contribution is -2.31. The van der Waals surface area contributed by atoms with Gasteiger partial charge in [0.1, 0.15) is 4.90 Å². The second-order valence-electron chi connectivity index (χ2n) is 7.43. The number of sulfonamides is 1. The normalized spacial score (nSPS) is 11.7. The molecule has 0 aliphatic heterocycles. The topological polar surface area (TPSA) is 75.5 Å². The highest BCUT2D eigenvalue weighted by atomic mass is 35.5. The molecule has 3 rings (SSSR count). The summed E-state index contributed by atoms with van der Waals surface area (Å²) >= 11 is 6.18. The van der Waals surface area contributed by atoms with Gasteiger partial charge in [0.05, 0.1) is 17.8 Å². The van der Waals surface area contributed by atoms with Gasteiger partial charge in [-0.25, -0.2) is 8.42 Å². The minimum Gasteiger partial charge on any atom is -0.337 e. The number of amides is 1. The number of halogens is 1. The van der Waals surface area contributed by atoms with E-state index >= 15 is 0 Å². The molecule has 0 atom stereocenters. The summed E-state index contributed by atoms with van der Waals surface area (Å²) in [6, 6.07) is 14.3. The molecular weight excluding hydrogens is 448 g/mol. The van der Waals surface area contributed by atoms with Crippen molar-refractivity contribution < 1.29 is 13.2 Å². The Bertz CT molecular complexity index is 1170. The van der Waals surface area contributed by atoms with Gasteiger partial charge in [-0.3, -0.25) is 9.48 Å². The third-order valence-electron chi connectivity index (χ3n) is 5.14. The molecule has 1 heterocycles. The zero-order valence-electron chi connectivity index (χ0n) is 18.4. The van der Waals surface area contributed by atoms with Crippen LogP contribution >= 0.6 is 11.6 Å². The predicted octanol–water partition coefficient (Wildman–Crippen LogP) is 3.89. The quantitative estimate of drug-likeness (QED) is 0.471. The van der Waals surface area contributed by atoms with Crippen LogP contribution < -0.4 is 0 Å². The van der Waals surface area contributed by atoms with Gasteiger partial charge in [0.2, 0.25) is 10.0 Å². The Hall–Kier alpha value is -2.68. The van der Waals surface area contributed by atoms with Crippen molar-refractivity contribution in [3.8, 4) is 0 Å². The van der Waals surface area contributed by atoms with Crippen LogP contribution in [0.3, 0.4) is 0 Å². The maximum absolute atomic E-state index is 13.0. The third kappa shape index (κ3) is 5.38. The summed E-state index contributed by atoms with van der Waals surface area (Å²) in [7, 11) is -2.11. The highest BCUT2D eigenvalue weighted by Crippen LogP contribution is 2.26. The largest absolute Gasteiger partial charge is 0.337 e. The van der Waals surface area contributed by atoms with Crippen LogP contribution in [-0.2, 0) is 23.1 Å². The molecule has 0 radical (unpaired) electrons. The third-order valence-corrected chi connectivity index (χ3v) is 7.67. The molecule has 3 aromatic rings. The van der Waals surface area contributed by atoms with Crippen molar-refractivity contribution in [1.29, 1.82) is 0 Å². The Balaban J connectivity index is 1.75. The maximum Gasteiger partial charge on any atom is 0.253 e. The van der Waals surface area contributed by atoms with Gasteiger partial charge in [-0.15, -0.1) is 0 Å². The Morgan fingerprint density at radius 3 is 2.41 bits per heavy atom. The summed E-state index contributed by atoms with van der Waals surface area (Å²) < 4.78 is 29.0. The second kappa shape index (κ2) is 10.3. The van der Waals surface area contributed by atoms with Gasteiger partial charge in [0.15, 0.2) is 0 Å². The number of benzene rings is 2. The SMILES string of the molecule is CCN(CC)S(=O)(=O)c1cc(C(=O)N(C)Cc2cnn(Cc3ccccc3)c2)ccc1Cl. The van der Waals surface area contributed by atoms with Crippen molar-refractivity contribution in [3.63, 3.8) is 0 Å². The van der Waals surface area contributed by atoms with E-state index in [0.717, 1.165) is 11.1 Å². The molecule has 1 aromatic heterocycles. The molecule has 170 valence electrons. The van der Waals surface area contributed by atoms with E-state index in [1.807, 2.05) is 41.2 Å². The Labute approximate surface area is 194 Å². The van der Waals surface area contributed by atoms with E-state index in [1.165, 1.54) is 21.3 Å². The molecule has 2 aromatic carbocycles. The number of hydrogen-bond donors (Lipinski definition) is 0. The van der Waals surface area contributed by atoms with Crippen molar-refractivity contribution in [2.75, 3.05) is 20.1 Å². The Morgan fingerprint density at radius 1 is 1.06 bits per heavy atom. The first kappa shape index (κ1) is 24.0. The van der Waals surface area contributed by atoms with Gasteiger partial charge in [-0.05, 0) is 23.8 Å². The molecule has 0 spiro atoms. The van der Waals surface area contributed by atoms with Gasteiger partial charge in [-0.1, -0.05) is 55.8 Å². The number of aromatic nitrogens is 2. The second-order valence-corrected chi connectivity index (χ2v) is 9.74. The summed E-state index contributed by atoms with van der Waals surface area (Å²) in [6.45, 7) is 5.14. The molecule has 32 heavy (non-hydrogen) atoms. The van der Waals surface area contributed by atoms with Gasteiger partial charge >= 0.3 is 0 Å². The van der Waals surface area contributed by atoms with Crippen molar-refractivity contribution in [2.24, 2.45) is 0 Å². The van der Waals surface area contributed by atoms with E-state index in [0.29, 0.717) is 26.2 Å². The van der Waals surface area contributed by atoms with Crippen molar-refractivity contribution in [3.05, 3.63) is 82.6 Å². The fourth-order valence-electron chi connectivity index (χ4n) is 3.45. The number of carbonyl (C=O) groups excluding carboxylic acids is 1. The van der Waals surface area contributed by atoms with E-state index in [2.05, 4.69) is 5.10 Å². The van der Waals surface area contributed by atoms with Crippen LogP contribution in [0.1, 0.15) is 35.3 Å². The molecule has 0 bridgehead atoms. The molecule has 0 fully saturated rings.